The number of fused-ring (bicyclic) bond motifs is 1. The van der Waals surface area contributed by atoms with Crippen molar-refractivity contribution in [2.45, 2.75) is 6.54 Å². The number of aromatic amines is 1. The molecule has 1 aromatic carbocycles. The van der Waals surface area contributed by atoms with Gasteiger partial charge in [-0.1, -0.05) is 0 Å². The summed E-state index contributed by atoms with van der Waals surface area (Å²) in [6.45, 7) is 0.0829. The maximum Gasteiger partial charge on any atom is 0.268 e. The highest BCUT2D eigenvalue weighted by molar-refractivity contribution is 7.17. The van der Waals surface area contributed by atoms with Gasteiger partial charge in [0.15, 0.2) is 0 Å². The van der Waals surface area contributed by atoms with Crippen LogP contribution >= 0.6 is 11.3 Å². The fraction of sp³-hybridized carbons (Fsp3) is 0.188. The zero-order chi connectivity index (χ0) is 17.3. The van der Waals surface area contributed by atoms with Crippen molar-refractivity contribution < 1.29 is 13.9 Å². The smallest absolute Gasteiger partial charge is 0.268 e. The van der Waals surface area contributed by atoms with E-state index in [1.165, 1.54) is 35.5 Å². The Hall–Kier alpha value is -2.74. The van der Waals surface area contributed by atoms with E-state index in [4.69, 9.17) is 4.74 Å². The Labute approximate surface area is 140 Å². The Bertz CT molecular complexity index is 967. The summed E-state index contributed by atoms with van der Waals surface area (Å²) in [4.78, 5) is 32.8. The van der Waals surface area contributed by atoms with E-state index in [9.17, 15) is 14.0 Å². The Morgan fingerprint density at radius 2 is 2.21 bits per heavy atom. The normalized spacial score (nSPS) is 10.8. The minimum absolute atomic E-state index is 0.0829. The third-order valence-electron chi connectivity index (χ3n) is 3.49. The summed E-state index contributed by atoms with van der Waals surface area (Å²) in [6, 6.07) is 5.49. The molecule has 0 saturated carbocycles. The molecule has 2 heterocycles. The van der Waals surface area contributed by atoms with Crippen LogP contribution in [0.2, 0.25) is 0 Å². The maximum atomic E-state index is 13.4. The molecule has 3 rings (SSSR count). The first-order valence-electron chi connectivity index (χ1n) is 7.05. The Kier molecular flexibility index (Phi) is 4.30. The van der Waals surface area contributed by atoms with Gasteiger partial charge in [0.25, 0.3) is 11.5 Å². The highest BCUT2D eigenvalue weighted by Crippen LogP contribution is 2.21. The average molecular weight is 347 g/mol. The number of hydrogen-bond acceptors (Lipinski definition) is 5. The monoisotopic (exact) mass is 347 g/mol. The maximum absolute atomic E-state index is 13.4. The largest absolute Gasteiger partial charge is 0.496 e. The van der Waals surface area contributed by atoms with Gasteiger partial charge in [0.1, 0.15) is 22.1 Å². The highest BCUT2D eigenvalue weighted by Gasteiger charge is 2.19. The second-order valence-electron chi connectivity index (χ2n) is 5.15. The van der Waals surface area contributed by atoms with Crippen LogP contribution in [0.4, 0.5) is 4.39 Å². The predicted molar refractivity (Wildman–Crippen MR) is 89.0 cm³/mol. The number of carbonyl (C=O) groups is 1. The molecule has 0 aliphatic heterocycles. The van der Waals surface area contributed by atoms with Crippen molar-refractivity contribution in [3.05, 3.63) is 57.2 Å². The van der Waals surface area contributed by atoms with Crippen molar-refractivity contribution in [1.82, 2.24) is 14.9 Å². The fourth-order valence-corrected chi connectivity index (χ4v) is 3.07. The number of carbonyl (C=O) groups excluding carboxylic acids is 1. The zero-order valence-corrected chi connectivity index (χ0v) is 13.8. The summed E-state index contributed by atoms with van der Waals surface area (Å²) < 4.78 is 19.1. The number of methoxy groups -OCH3 is 1. The van der Waals surface area contributed by atoms with E-state index in [0.29, 0.717) is 16.0 Å². The first kappa shape index (κ1) is 16.1. The van der Waals surface area contributed by atoms with Gasteiger partial charge in [-0.15, -0.1) is 11.3 Å². The van der Waals surface area contributed by atoms with Crippen LogP contribution in [0.3, 0.4) is 0 Å². The lowest BCUT2D eigenvalue weighted by molar-refractivity contribution is 0.0777. The molecule has 2 aromatic heterocycles. The topological polar surface area (TPSA) is 75.3 Å². The van der Waals surface area contributed by atoms with E-state index in [1.807, 2.05) is 0 Å². The number of ether oxygens (including phenoxy) is 1. The molecule has 0 fully saturated rings. The van der Waals surface area contributed by atoms with Gasteiger partial charge in [-0.2, -0.15) is 0 Å². The van der Waals surface area contributed by atoms with Gasteiger partial charge in [-0.25, -0.2) is 9.37 Å². The minimum atomic E-state index is -0.529. The number of benzene rings is 1. The summed E-state index contributed by atoms with van der Waals surface area (Å²) in [7, 11) is 2.96. The molecular weight excluding hydrogens is 333 g/mol. The van der Waals surface area contributed by atoms with Crippen LogP contribution in [-0.4, -0.2) is 34.9 Å². The van der Waals surface area contributed by atoms with Crippen molar-refractivity contribution in [2.75, 3.05) is 14.2 Å². The third-order valence-corrected chi connectivity index (χ3v) is 4.39. The molecule has 0 bridgehead atoms. The number of H-pyrrole nitrogens is 1. The van der Waals surface area contributed by atoms with Crippen molar-refractivity contribution in [2.24, 2.45) is 0 Å². The van der Waals surface area contributed by atoms with Gasteiger partial charge in [0, 0.05) is 7.05 Å². The van der Waals surface area contributed by atoms with Crippen LogP contribution in [0.1, 0.15) is 16.2 Å². The van der Waals surface area contributed by atoms with Crippen molar-refractivity contribution in [1.29, 1.82) is 0 Å². The first-order valence-corrected chi connectivity index (χ1v) is 7.93. The van der Waals surface area contributed by atoms with E-state index in [1.54, 1.807) is 18.5 Å². The molecule has 3 aromatic rings. The quantitative estimate of drug-likeness (QED) is 0.786. The number of amides is 1. The summed E-state index contributed by atoms with van der Waals surface area (Å²) in [5.41, 5.74) is 0.455. The number of rotatable bonds is 4. The summed E-state index contributed by atoms with van der Waals surface area (Å²) in [6.07, 6.45) is 0. The molecule has 0 saturated heterocycles. The van der Waals surface area contributed by atoms with Crippen LogP contribution in [0.5, 0.6) is 5.75 Å². The number of thiophene rings is 1. The molecule has 6 nitrogen and oxygen atoms in total. The van der Waals surface area contributed by atoms with Crippen molar-refractivity contribution in [3.63, 3.8) is 0 Å². The third kappa shape index (κ3) is 3.00. The van der Waals surface area contributed by atoms with E-state index in [0.717, 1.165) is 6.07 Å². The lowest BCUT2D eigenvalue weighted by atomic mass is 10.1. The van der Waals surface area contributed by atoms with E-state index in [2.05, 4.69) is 9.97 Å². The molecule has 124 valence electrons. The summed E-state index contributed by atoms with van der Waals surface area (Å²) >= 11 is 1.31. The molecule has 1 amide bonds. The van der Waals surface area contributed by atoms with Gasteiger partial charge < -0.3 is 14.6 Å². The Morgan fingerprint density at radius 1 is 1.42 bits per heavy atom. The van der Waals surface area contributed by atoms with E-state index >= 15 is 0 Å². The fourth-order valence-electron chi connectivity index (χ4n) is 2.35. The van der Waals surface area contributed by atoms with Gasteiger partial charge in [-0.05, 0) is 29.6 Å². The van der Waals surface area contributed by atoms with Gasteiger partial charge in [0.2, 0.25) is 0 Å². The van der Waals surface area contributed by atoms with Gasteiger partial charge in [-0.3, -0.25) is 9.59 Å². The SMILES string of the molecule is COc1ccc(F)cc1C(=O)N(C)Cc1nc2ccsc2c(=O)[nH]1. The number of nitrogens with zero attached hydrogens (tertiary/aromatic N) is 2. The summed E-state index contributed by atoms with van der Waals surface area (Å²) in [5, 5.41) is 1.78. The molecule has 0 aliphatic carbocycles. The molecule has 0 radical (unpaired) electrons. The number of halogens is 1. The molecule has 8 heteroatoms. The predicted octanol–water partition coefficient (Wildman–Crippen LogP) is 2.40. The van der Waals surface area contributed by atoms with E-state index in [-0.39, 0.29) is 23.4 Å². The van der Waals surface area contributed by atoms with Crippen LogP contribution < -0.4 is 10.3 Å². The van der Waals surface area contributed by atoms with Gasteiger partial charge >= 0.3 is 0 Å². The lowest BCUT2D eigenvalue weighted by Crippen LogP contribution is -2.28. The Morgan fingerprint density at radius 3 is 2.96 bits per heavy atom. The number of hydrogen-bond donors (Lipinski definition) is 1. The van der Waals surface area contributed by atoms with E-state index < -0.39 is 11.7 Å². The second kappa shape index (κ2) is 6.40. The highest BCUT2D eigenvalue weighted by atomic mass is 32.1. The second-order valence-corrected chi connectivity index (χ2v) is 6.07. The molecule has 0 unspecified atom stereocenters. The standard InChI is InChI=1S/C16H14FN3O3S/c1-20(16(22)10-7-9(17)3-4-12(10)23-2)8-13-18-11-5-6-24-14(11)15(21)19-13/h3-7H,8H2,1-2H3,(H,18,19,21). The molecule has 0 atom stereocenters. The molecule has 0 spiro atoms. The Balaban J connectivity index is 1.88. The van der Waals surface area contributed by atoms with Crippen LogP contribution in [-0.2, 0) is 6.54 Å². The number of aromatic nitrogens is 2. The average Bonchev–Trinajstić information content (AvgIpc) is 3.03. The van der Waals surface area contributed by atoms with Crippen LogP contribution in [0.25, 0.3) is 10.2 Å². The van der Waals surface area contributed by atoms with Crippen molar-refractivity contribution in [3.8, 4) is 5.75 Å². The van der Waals surface area contributed by atoms with Crippen LogP contribution in [0.15, 0.2) is 34.4 Å². The lowest BCUT2D eigenvalue weighted by Gasteiger charge is -2.18. The minimum Gasteiger partial charge on any atom is -0.496 e. The van der Waals surface area contributed by atoms with Crippen molar-refractivity contribution >= 4 is 27.5 Å². The number of nitrogens with one attached hydrogen (secondary N) is 1. The molecule has 1 N–H and O–H groups in total. The summed E-state index contributed by atoms with van der Waals surface area (Å²) in [5.74, 6) is -0.321. The first-order chi connectivity index (χ1) is 11.5. The molecule has 0 aliphatic rings. The zero-order valence-electron chi connectivity index (χ0n) is 13.0. The molecular formula is C16H14FN3O3S. The van der Waals surface area contributed by atoms with Crippen LogP contribution in [0, 0.1) is 5.82 Å². The molecule has 24 heavy (non-hydrogen) atoms. The van der Waals surface area contributed by atoms with Gasteiger partial charge in [0.05, 0.1) is 24.7 Å².